The van der Waals surface area contributed by atoms with Crippen LogP contribution in [0, 0.1) is 12.8 Å². The van der Waals surface area contributed by atoms with Gasteiger partial charge in [0.05, 0.1) is 15.9 Å². The van der Waals surface area contributed by atoms with E-state index in [1.54, 1.807) is 0 Å². The van der Waals surface area contributed by atoms with Crippen molar-refractivity contribution in [2.45, 2.75) is 51.5 Å². The Labute approximate surface area is 112 Å². The summed E-state index contributed by atoms with van der Waals surface area (Å²) in [5.41, 5.74) is 8.66. The van der Waals surface area contributed by atoms with Gasteiger partial charge in [-0.05, 0) is 41.6 Å². The van der Waals surface area contributed by atoms with Crippen LogP contribution in [-0.4, -0.2) is 15.8 Å². The Kier molecular flexibility index (Phi) is 4.26. The summed E-state index contributed by atoms with van der Waals surface area (Å²) in [6, 6.07) is 0.279. The Morgan fingerprint density at radius 1 is 1.41 bits per heavy atom. The Morgan fingerprint density at radius 2 is 2.06 bits per heavy atom. The number of aryl methyl sites for hydroxylation is 2. The lowest BCUT2D eigenvalue weighted by Gasteiger charge is -2.27. The lowest BCUT2D eigenvalue weighted by atomic mass is 9.82. The zero-order valence-electron chi connectivity index (χ0n) is 10.7. The molecular formula is C13H22BrN3. The second-order valence-corrected chi connectivity index (χ2v) is 6.03. The van der Waals surface area contributed by atoms with Crippen molar-refractivity contribution in [2.24, 2.45) is 18.7 Å². The highest BCUT2D eigenvalue weighted by molar-refractivity contribution is 9.10. The highest BCUT2D eigenvalue weighted by atomic mass is 79.9. The Balaban J connectivity index is 2.04. The van der Waals surface area contributed by atoms with Crippen LogP contribution in [0.4, 0.5) is 0 Å². The van der Waals surface area contributed by atoms with Gasteiger partial charge in [0.1, 0.15) is 0 Å². The summed E-state index contributed by atoms with van der Waals surface area (Å²) in [5, 5.41) is 4.42. The van der Waals surface area contributed by atoms with Crippen molar-refractivity contribution in [3.63, 3.8) is 0 Å². The molecule has 0 aliphatic heterocycles. The highest BCUT2D eigenvalue weighted by Crippen LogP contribution is 2.29. The van der Waals surface area contributed by atoms with Crippen LogP contribution in [0.15, 0.2) is 4.47 Å². The largest absolute Gasteiger partial charge is 0.327 e. The van der Waals surface area contributed by atoms with Crippen LogP contribution in [0.2, 0.25) is 0 Å². The molecule has 2 rings (SSSR count). The monoisotopic (exact) mass is 299 g/mol. The summed E-state index contributed by atoms with van der Waals surface area (Å²) in [7, 11) is 2.00. The van der Waals surface area contributed by atoms with Gasteiger partial charge in [0.15, 0.2) is 0 Å². The number of aromatic nitrogens is 2. The highest BCUT2D eigenvalue weighted by Gasteiger charge is 2.23. The van der Waals surface area contributed by atoms with Crippen molar-refractivity contribution in [2.75, 3.05) is 0 Å². The molecule has 0 amide bonds. The molecule has 0 saturated heterocycles. The van der Waals surface area contributed by atoms with Crippen LogP contribution < -0.4 is 5.73 Å². The van der Waals surface area contributed by atoms with E-state index < -0.39 is 0 Å². The van der Waals surface area contributed by atoms with Crippen molar-refractivity contribution < 1.29 is 0 Å². The quantitative estimate of drug-likeness (QED) is 0.932. The van der Waals surface area contributed by atoms with Crippen molar-refractivity contribution in [3.05, 3.63) is 15.9 Å². The summed E-state index contributed by atoms with van der Waals surface area (Å²) < 4.78 is 3.09. The second-order valence-electron chi connectivity index (χ2n) is 5.24. The summed E-state index contributed by atoms with van der Waals surface area (Å²) in [6.45, 7) is 2.03. The first-order valence-corrected chi connectivity index (χ1v) is 7.32. The van der Waals surface area contributed by atoms with Crippen LogP contribution in [0.25, 0.3) is 0 Å². The molecule has 1 aromatic rings. The van der Waals surface area contributed by atoms with Gasteiger partial charge in [-0.25, -0.2) is 0 Å². The van der Waals surface area contributed by atoms with Gasteiger partial charge in [-0.3, -0.25) is 4.68 Å². The first-order valence-electron chi connectivity index (χ1n) is 6.53. The molecule has 1 saturated carbocycles. The Morgan fingerprint density at radius 3 is 2.59 bits per heavy atom. The van der Waals surface area contributed by atoms with Gasteiger partial charge in [-0.15, -0.1) is 0 Å². The van der Waals surface area contributed by atoms with Crippen molar-refractivity contribution >= 4 is 15.9 Å². The molecule has 3 nitrogen and oxygen atoms in total. The SMILES string of the molecule is Cc1nn(C)c(CC(N)C2CCCCC2)c1Br. The van der Waals surface area contributed by atoms with Crippen molar-refractivity contribution in [1.82, 2.24) is 9.78 Å². The zero-order valence-corrected chi connectivity index (χ0v) is 12.3. The van der Waals surface area contributed by atoms with Gasteiger partial charge in [-0.2, -0.15) is 5.10 Å². The molecule has 1 aromatic heterocycles. The maximum Gasteiger partial charge on any atom is 0.0738 e. The molecule has 1 fully saturated rings. The predicted molar refractivity (Wildman–Crippen MR) is 73.9 cm³/mol. The number of rotatable bonds is 3. The molecular weight excluding hydrogens is 278 g/mol. The van der Waals surface area contributed by atoms with Gasteiger partial charge in [0.2, 0.25) is 0 Å². The minimum atomic E-state index is 0.279. The van der Waals surface area contributed by atoms with Gasteiger partial charge >= 0.3 is 0 Å². The fraction of sp³-hybridized carbons (Fsp3) is 0.769. The molecule has 0 aromatic carbocycles. The molecule has 2 N–H and O–H groups in total. The molecule has 1 aliphatic rings. The maximum absolute atomic E-state index is 6.37. The van der Waals surface area contributed by atoms with E-state index in [0.717, 1.165) is 16.6 Å². The molecule has 1 aliphatic carbocycles. The molecule has 1 heterocycles. The fourth-order valence-electron chi connectivity index (χ4n) is 2.85. The zero-order chi connectivity index (χ0) is 12.4. The van der Waals surface area contributed by atoms with E-state index in [1.165, 1.54) is 37.8 Å². The molecule has 0 radical (unpaired) electrons. The van der Waals surface area contributed by atoms with Crippen molar-refractivity contribution in [3.8, 4) is 0 Å². The van der Waals surface area contributed by atoms with Gasteiger partial charge in [0.25, 0.3) is 0 Å². The van der Waals surface area contributed by atoms with Crippen LogP contribution >= 0.6 is 15.9 Å². The minimum absolute atomic E-state index is 0.279. The third kappa shape index (κ3) is 2.91. The predicted octanol–water partition coefficient (Wildman–Crippen LogP) is 2.94. The van der Waals surface area contributed by atoms with E-state index >= 15 is 0 Å². The average molecular weight is 300 g/mol. The third-order valence-electron chi connectivity index (χ3n) is 3.95. The number of nitrogens with zero attached hydrogens (tertiary/aromatic N) is 2. The summed E-state index contributed by atoms with van der Waals surface area (Å²) in [5.74, 6) is 0.700. The smallest absolute Gasteiger partial charge is 0.0738 e. The van der Waals surface area contributed by atoms with E-state index in [1.807, 2.05) is 18.7 Å². The molecule has 1 atom stereocenters. The molecule has 17 heavy (non-hydrogen) atoms. The second kappa shape index (κ2) is 5.53. The maximum atomic E-state index is 6.37. The van der Waals surface area contributed by atoms with Crippen molar-refractivity contribution in [1.29, 1.82) is 0 Å². The van der Waals surface area contributed by atoms with E-state index in [4.69, 9.17) is 5.73 Å². The minimum Gasteiger partial charge on any atom is -0.327 e. The van der Waals surface area contributed by atoms with Crippen LogP contribution in [0.1, 0.15) is 43.5 Å². The fourth-order valence-corrected chi connectivity index (χ4v) is 3.35. The van der Waals surface area contributed by atoms with E-state index in [-0.39, 0.29) is 6.04 Å². The van der Waals surface area contributed by atoms with E-state index in [2.05, 4.69) is 21.0 Å². The van der Waals surface area contributed by atoms with Gasteiger partial charge in [0, 0.05) is 19.5 Å². The van der Waals surface area contributed by atoms with Gasteiger partial charge in [-0.1, -0.05) is 19.3 Å². The summed E-state index contributed by atoms with van der Waals surface area (Å²) in [6.07, 6.45) is 7.62. The van der Waals surface area contributed by atoms with Crippen LogP contribution in [0.5, 0.6) is 0 Å². The van der Waals surface area contributed by atoms with E-state index in [0.29, 0.717) is 5.92 Å². The molecule has 0 bridgehead atoms. The summed E-state index contributed by atoms with van der Waals surface area (Å²) >= 11 is 3.61. The third-order valence-corrected chi connectivity index (χ3v) is 4.98. The molecule has 0 spiro atoms. The first kappa shape index (κ1) is 13.1. The molecule has 4 heteroatoms. The average Bonchev–Trinajstić information content (AvgIpc) is 2.57. The van der Waals surface area contributed by atoms with Crippen LogP contribution in [-0.2, 0) is 13.5 Å². The standard InChI is InChI=1S/C13H22BrN3/c1-9-13(14)12(17(2)16-9)8-11(15)10-6-4-3-5-7-10/h10-11H,3-8,15H2,1-2H3. The Hall–Kier alpha value is -0.350. The van der Waals surface area contributed by atoms with E-state index in [9.17, 15) is 0 Å². The number of halogens is 1. The number of hydrogen-bond donors (Lipinski definition) is 1. The summed E-state index contributed by atoms with van der Waals surface area (Å²) in [4.78, 5) is 0. The van der Waals surface area contributed by atoms with Gasteiger partial charge < -0.3 is 5.73 Å². The topological polar surface area (TPSA) is 43.8 Å². The first-order chi connectivity index (χ1) is 8.09. The number of hydrogen-bond acceptors (Lipinski definition) is 2. The number of nitrogens with two attached hydrogens (primary N) is 1. The lowest BCUT2D eigenvalue weighted by molar-refractivity contribution is 0.300. The Bertz CT molecular complexity index is 380. The molecule has 1 unspecified atom stereocenters. The molecule has 96 valence electrons. The normalized spacial score (nSPS) is 19.5. The van der Waals surface area contributed by atoms with Crippen LogP contribution in [0.3, 0.4) is 0 Å². The lowest BCUT2D eigenvalue weighted by Crippen LogP contribution is -2.34.